The summed E-state index contributed by atoms with van der Waals surface area (Å²) < 4.78 is 28.6. The first-order chi connectivity index (χ1) is 17.2. The molecule has 0 saturated carbocycles. The van der Waals surface area contributed by atoms with Crippen molar-refractivity contribution >= 4 is 39.1 Å². The first-order valence-corrected chi connectivity index (χ1v) is 12.4. The summed E-state index contributed by atoms with van der Waals surface area (Å²) in [6.45, 7) is 1.22. The van der Waals surface area contributed by atoms with E-state index in [2.05, 4.69) is 5.32 Å². The van der Waals surface area contributed by atoms with E-state index in [1.165, 1.54) is 55.5 Å². The third-order valence-electron chi connectivity index (χ3n) is 5.69. The number of benzene rings is 3. The van der Waals surface area contributed by atoms with Crippen molar-refractivity contribution in [2.24, 2.45) is 0 Å². The van der Waals surface area contributed by atoms with Crippen molar-refractivity contribution in [1.82, 2.24) is 4.31 Å². The average molecular weight is 503 g/mol. The normalized spacial score (nSPS) is 15.7. The first kappa shape index (κ1) is 24.8. The fourth-order valence-corrected chi connectivity index (χ4v) is 5.54. The number of nitrogens with zero attached hydrogens (tertiary/aromatic N) is 3. The lowest BCUT2D eigenvalue weighted by Gasteiger charge is -2.27. The van der Waals surface area contributed by atoms with Gasteiger partial charge in [0.05, 0.1) is 28.6 Å². The molecule has 1 N–H and O–H groups in total. The van der Waals surface area contributed by atoms with E-state index in [9.17, 15) is 22.8 Å². The summed E-state index contributed by atoms with van der Waals surface area (Å²) in [6, 6.07) is 21.0. The van der Waals surface area contributed by atoms with Crippen LogP contribution in [0.2, 0.25) is 0 Å². The van der Waals surface area contributed by atoms with Gasteiger partial charge < -0.3 is 5.32 Å². The summed E-state index contributed by atoms with van der Waals surface area (Å²) >= 11 is 0. The molecule has 1 saturated heterocycles. The quantitative estimate of drug-likeness (QED) is 0.495. The molecule has 3 amide bonds. The Balaban J connectivity index is 1.71. The predicted octanol–water partition coefficient (Wildman–Crippen LogP) is 3.04. The number of hydrogen-bond acceptors (Lipinski definition) is 6. The number of sulfonamides is 1. The summed E-state index contributed by atoms with van der Waals surface area (Å²) in [4.78, 5) is 38.5. The van der Waals surface area contributed by atoms with Gasteiger partial charge in [-0.1, -0.05) is 30.3 Å². The van der Waals surface area contributed by atoms with Crippen LogP contribution >= 0.6 is 0 Å². The molecule has 10 heteroatoms. The van der Waals surface area contributed by atoms with E-state index in [1.54, 1.807) is 30.3 Å². The van der Waals surface area contributed by atoms with Crippen molar-refractivity contribution in [1.29, 1.82) is 5.26 Å². The zero-order valence-corrected chi connectivity index (χ0v) is 20.1. The zero-order valence-electron chi connectivity index (χ0n) is 19.3. The van der Waals surface area contributed by atoms with Crippen LogP contribution in [0, 0.1) is 11.3 Å². The summed E-state index contributed by atoms with van der Waals surface area (Å²) in [5, 5.41) is 11.6. The van der Waals surface area contributed by atoms with Crippen LogP contribution < -0.4 is 10.2 Å². The van der Waals surface area contributed by atoms with Crippen LogP contribution in [-0.2, 0) is 31.0 Å². The Bertz CT molecular complexity index is 1450. The second-order valence-corrected chi connectivity index (χ2v) is 10.1. The summed E-state index contributed by atoms with van der Waals surface area (Å²) in [5.74, 6) is -1.50. The number of rotatable bonds is 7. The van der Waals surface area contributed by atoms with Gasteiger partial charge >= 0.3 is 0 Å². The number of amides is 3. The predicted molar refractivity (Wildman–Crippen MR) is 132 cm³/mol. The van der Waals surface area contributed by atoms with Crippen molar-refractivity contribution in [3.63, 3.8) is 0 Å². The SMILES string of the molecule is CC(=O)Nc1ccc(S(=O)(=O)N(Cc2ccccc2)C2CC(=O)N(c3ccc(C#N)cc3)C2=O)cc1. The third kappa shape index (κ3) is 5.02. The molecule has 1 unspecified atom stereocenters. The number of nitrogens with one attached hydrogen (secondary N) is 1. The van der Waals surface area contributed by atoms with Gasteiger partial charge in [0.2, 0.25) is 21.8 Å². The van der Waals surface area contributed by atoms with E-state index >= 15 is 0 Å². The van der Waals surface area contributed by atoms with E-state index in [4.69, 9.17) is 5.26 Å². The third-order valence-corrected chi connectivity index (χ3v) is 7.56. The van der Waals surface area contributed by atoms with Gasteiger partial charge in [-0.3, -0.25) is 14.4 Å². The molecule has 9 nitrogen and oxygen atoms in total. The van der Waals surface area contributed by atoms with Crippen LogP contribution in [0.15, 0.2) is 83.8 Å². The molecule has 0 aromatic heterocycles. The molecule has 4 rings (SSSR count). The topological polar surface area (TPSA) is 128 Å². The first-order valence-electron chi connectivity index (χ1n) is 11.0. The molecule has 0 bridgehead atoms. The van der Waals surface area contributed by atoms with Gasteiger partial charge in [-0.25, -0.2) is 13.3 Å². The highest BCUT2D eigenvalue weighted by atomic mass is 32.2. The maximum atomic E-state index is 13.8. The number of imide groups is 1. The van der Waals surface area contributed by atoms with Crippen molar-refractivity contribution in [2.45, 2.75) is 30.8 Å². The number of carbonyl (C=O) groups excluding carboxylic acids is 3. The molecular formula is C26H22N4O5S. The second kappa shape index (κ2) is 10.1. The van der Waals surface area contributed by atoms with E-state index in [1.807, 2.05) is 6.07 Å². The van der Waals surface area contributed by atoms with Gasteiger partial charge in [-0.05, 0) is 54.1 Å². The van der Waals surface area contributed by atoms with Gasteiger partial charge in [-0.2, -0.15) is 9.57 Å². The summed E-state index contributed by atoms with van der Waals surface area (Å²) in [6.07, 6.45) is -0.325. The van der Waals surface area contributed by atoms with Gasteiger partial charge in [0.1, 0.15) is 6.04 Å². The Morgan fingerprint density at radius 1 is 1.03 bits per heavy atom. The van der Waals surface area contributed by atoms with Crippen LogP contribution in [0.25, 0.3) is 0 Å². The van der Waals surface area contributed by atoms with Crippen molar-refractivity contribution in [2.75, 3.05) is 10.2 Å². The highest BCUT2D eigenvalue weighted by Crippen LogP contribution is 2.31. The second-order valence-electron chi connectivity index (χ2n) is 8.19. The highest BCUT2D eigenvalue weighted by Gasteiger charge is 2.47. The molecule has 3 aromatic carbocycles. The molecule has 182 valence electrons. The van der Waals surface area contributed by atoms with Gasteiger partial charge in [0.15, 0.2) is 0 Å². The Morgan fingerprint density at radius 3 is 2.25 bits per heavy atom. The minimum atomic E-state index is -4.22. The summed E-state index contributed by atoms with van der Waals surface area (Å²) in [7, 11) is -4.22. The summed E-state index contributed by atoms with van der Waals surface area (Å²) in [5.41, 5.74) is 1.71. The molecule has 1 atom stereocenters. The fraction of sp³-hybridized carbons (Fsp3) is 0.154. The number of nitriles is 1. The van der Waals surface area contributed by atoms with Crippen LogP contribution in [0.5, 0.6) is 0 Å². The Hall–Kier alpha value is -4.33. The highest BCUT2D eigenvalue weighted by molar-refractivity contribution is 7.89. The maximum Gasteiger partial charge on any atom is 0.252 e. The lowest BCUT2D eigenvalue weighted by molar-refractivity contribution is -0.122. The van der Waals surface area contributed by atoms with Crippen molar-refractivity contribution in [3.8, 4) is 6.07 Å². The minimum Gasteiger partial charge on any atom is -0.326 e. The lowest BCUT2D eigenvalue weighted by atomic mass is 10.2. The number of carbonyl (C=O) groups is 3. The Morgan fingerprint density at radius 2 is 1.67 bits per heavy atom. The Labute approximate surface area is 208 Å². The maximum absolute atomic E-state index is 13.8. The molecule has 3 aromatic rings. The number of hydrogen-bond donors (Lipinski definition) is 1. The number of anilines is 2. The van der Waals surface area contributed by atoms with Crippen molar-refractivity contribution < 1.29 is 22.8 Å². The molecule has 0 spiro atoms. The monoisotopic (exact) mass is 502 g/mol. The molecule has 1 aliphatic rings. The van der Waals surface area contributed by atoms with Gasteiger partial charge in [0.25, 0.3) is 5.91 Å². The van der Waals surface area contributed by atoms with Crippen molar-refractivity contribution in [3.05, 3.63) is 90.0 Å². The molecule has 1 fully saturated rings. The molecule has 1 aliphatic heterocycles. The van der Waals surface area contributed by atoms with E-state index < -0.39 is 27.9 Å². The fourth-order valence-electron chi connectivity index (χ4n) is 3.97. The molecule has 1 heterocycles. The van der Waals surface area contributed by atoms with Crippen LogP contribution in [0.4, 0.5) is 11.4 Å². The molecule has 0 aliphatic carbocycles. The van der Waals surface area contributed by atoms with Gasteiger partial charge in [0, 0.05) is 19.2 Å². The standard InChI is InChI=1S/C26H22N4O5S/c1-18(31)28-21-9-13-23(14-10-21)36(34,35)29(17-20-5-3-2-4-6-20)24-15-25(32)30(26(24)33)22-11-7-19(16-27)8-12-22/h2-14,24H,15,17H2,1H3,(H,28,31). The zero-order chi connectivity index (χ0) is 25.9. The lowest BCUT2D eigenvalue weighted by Crippen LogP contribution is -2.45. The van der Waals surface area contributed by atoms with E-state index in [-0.39, 0.29) is 29.5 Å². The molecular weight excluding hydrogens is 480 g/mol. The minimum absolute atomic E-state index is 0.0791. The average Bonchev–Trinajstić information content (AvgIpc) is 3.16. The van der Waals surface area contributed by atoms with Crippen LogP contribution in [0.3, 0.4) is 0 Å². The Kier molecular flexibility index (Phi) is 6.96. The smallest absolute Gasteiger partial charge is 0.252 e. The van der Waals surface area contributed by atoms with E-state index in [0.717, 1.165) is 9.21 Å². The molecule has 0 radical (unpaired) electrons. The largest absolute Gasteiger partial charge is 0.326 e. The van der Waals surface area contributed by atoms with Gasteiger partial charge in [-0.15, -0.1) is 0 Å². The molecule has 36 heavy (non-hydrogen) atoms. The van der Waals surface area contributed by atoms with E-state index in [0.29, 0.717) is 16.8 Å². The van der Waals surface area contributed by atoms with Crippen LogP contribution in [-0.4, -0.2) is 36.5 Å². The van der Waals surface area contributed by atoms with Crippen LogP contribution in [0.1, 0.15) is 24.5 Å².